The maximum absolute atomic E-state index is 13.9. The summed E-state index contributed by atoms with van der Waals surface area (Å²) in [5, 5.41) is 5.91. The Kier molecular flexibility index (Phi) is 7.37. The van der Waals surface area contributed by atoms with Crippen molar-refractivity contribution in [1.29, 1.82) is 0 Å². The molecule has 2 aliphatic heterocycles. The van der Waals surface area contributed by atoms with Crippen molar-refractivity contribution in [3.8, 4) is 22.4 Å². The predicted octanol–water partition coefficient (Wildman–Crippen LogP) is 5.05. The molecule has 0 radical (unpaired) electrons. The molecule has 0 bridgehead atoms. The molecule has 2 aliphatic rings. The molecule has 2 amide bonds. The number of ether oxygens (including phenoxy) is 1. The van der Waals surface area contributed by atoms with E-state index in [1.165, 1.54) is 12.1 Å². The van der Waals surface area contributed by atoms with E-state index < -0.39 is 0 Å². The van der Waals surface area contributed by atoms with E-state index in [0.29, 0.717) is 36.7 Å². The van der Waals surface area contributed by atoms with Crippen LogP contribution in [0.5, 0.6) is 0 Å². The molecular formula is C29H33FN4O3. The second-order valence-corrected chi connectivity index (χ2v) is 10.3. The molecule has 4 heterocycles. The zero-order valence-corrected chi connectivity index (χ0v) is 21.4. The number of benzene rings is 1. The van der Waals surface area contributed by atoms with Gasteiger partial charge >= 0.3 is 0 Å². The Hall–Kier alpha value is -3.52. The topological polar surface area (TPSA) is 85.3 Å². The Morgan fingerprint density at radius 2 is 1.92 bits per heavy atom. The smallest absolute Gasteiger partial charge is 0.253 e. The van der Waals surface area contributed by atoms with Gasteiger partial charge in [0.15, 0.2) is 0 Å². The summed E-state index contributed by atoms with van der Waals surface area (Å²) in [5.74, 6) is 0.581. The van der Waals surface area contributed by atoms with E-state index in [-0.39, 0.29) is 23.5 Å². The maximum Gasteiger partial charge on any atom is 0.253 e. The summed E-state index contributed by atoms with van der Waals surface area (Å²) >= 11 is 0. The average molecular weight is 505 g/mol. The normalized spacial score (nSPS) is 15.9. The van der Waals surface area contributed by atoms with Crippen LogP contribution in [0.4, 0.5) is 10.2 Å². The van der Waals surface area contributed by atoms with Gasteiger partial charge < -0.3 is 19.9 Å². The molecule has 5 rings (SSSR count). The van der Waals surface area contributed by atoms with Gasteiger partial charge in [-0.15, -0.1) is 0 Å². The molecule has 8 heteroatoms. The van der Waals surface area contributed by atoms with Crippen molar-refractivity contribution in [3.05, 3.63) is 59.7 Å². The fourth-order valence-electron chi connectivity index (χ4n) is 5.35. The summed E-state index contributed by atoms with van der Waals surface area (Å²) in [4.78, 5) is 30.1. The van der Waals surface area contributed by atoms with Crippen molar-refractivity contribution in [2.24, 2.45) is 11.8 Å². The number of anilines is 1. The zero-order chi connectivity index (χ0) is 25.9. The second-order valence-electron chi connectivity index (χ2n) is 10.3. The van der Waals surface area contributed by atoms with Crippen molar-refractivity contribution in [2.75, 3.05) is 25.1 Å². The molecule has 1 saturated heterocycles. The quantitative estimate of drug-likeness (QED) is 0.471. The van der Waals surface area contributed by atoms with Gasteiger partial charge in [-0.25, -0.2) is 9.37 Å². The molecule has 1 fully saturated rings. The Morgan fingerprint density at radius 1 is 1.16 bits per heavy atom. The van der Waals surface area contributed by atoms with Crippen LogP contribution in [0.25, 0.3) is 22.4 Å². The third kappa shape index (κ3) is 5.44. The van der Waals surface area contributed by atoms with E-state index in [0.717, 1.165) is 60.7 Å². The van der Waals surface area contributed by atoms with Crippen LogP contribution in [0.15, 0.2) is 42.6 Å². The lowest BCUT2D eigenvalue weighted by atomic mass is 9.95. The largest absolute Gasteiger partial charge is 0.381 e. The number of pyridine rings is 1. The predicted molar refractivity (Wildman–Crippen MR) is 141 cm³/mol. The summed E-state index contributed by atoms with van der Waals surface area (Å²) in [6, 6.07) is 10.1. The van der Waals surface area contributed by atoms with Gasteiger partial charge in [0.1, 0.15) is 11.6 Å². The van der Waals surface area contributed by atoms with E-state index in [1.807, 2.05) is 26.0 Å². The van der Waals surface area contributed by atoms with Crippen molar-refractivity contribution < 1.29 is 18.7 Å². The van der Waals surface area contributed by atoms with Gasteiger partial charge in [-0.1, -0.05) is 26.0 Å². The van der Waals surface area contributed by atoms with Gasteiger partial charge in [0.25, 0.3) is 5.91 Å². The van der Waals surface area contributed by atoms with Gasteiger partial charge in [0, 0.05) is 62.2 Å². The first kappa shape index (κ1) is 25.1. The van der Waals surface area contributed by atoms with Crippen molar-refractivity contribution in [3.63, 3.8) is 0 Å². The SMILES string of the molecule is CC(C)CC(=O)Nc1cc(-c2c(-c3ccc(F)cc3)c3c(n2CC2CCOCC2)CCNC3=O)ccn1. The molecular weight excluding hydrogens is 471 g/mol. The number of halogens is 1. The Bertz CT molecular complexity index is 1290. The van der Waals surface area contributed by atoms with E-state index in [1.54, 1.807) is 18.3 Å². The van der Waals surface area contributed by atoms with E-state index in [9.17, 15) is 14.0 Å². The van der Waals surface area contributed by atoms with Crippen molar-refractivity contribution in [2.45, 2.75) is 46.1 Å². The monoisotopic (exact) mass is 504 g/mol. The number of aromatic nitrogens is 2. The highest BCUT2D eigenvalue weighted by Gasteiger charge is 2.32. The Morgan fingerprint density at radius 3 is 2.65 bits per heavy atom. The summed E-state index contributed by atoms with van der Waals surface area (Å²) in [6.45, 7) is 6.78. The molecule has 3 aromatic rings. The second kappa shape index (κ2) is 10.8. The molecule has 0 spiro atoms. The number of carbonyl (C=O) groups is 2. The fraction of sp³-hybridized carbons (Fsp3) is 0.414. The van der Waals surface area contributed by atoms with Crippen molar-refractivity contribution >= 4 is 17.6 Å². The summed E-state index contributed by atoms with van der Waals surface area (Å²) in [7, 11) is 0. The van der Waals surface area contributed by atoms with Crippen LogP contribution in [-0.4, -0.2) is 41.1 Å². The number of hydrogen-bond donors (Lipinski definition) is 2. The van der Waals surface area contributed by atoms with Gasteiger partial charge in [-0.05, 0) is 54.5 Å². The highest BCUT2D eigenvalue weighted by atomic mass is 19.1. The van der Waals surface area contributed by atoms with Crippen LogP contribution in [0.2, 0.25) is 0 Å². The minimum Gasteiger partial charge on any atom is -0.381 e. The Labute approximate surface area is 216 Å². The minimum atomic E-state index is -0.329. The number of carbonyl (C=O) groups excluding carboxylic acids is 2. The molecule has 1 aromatic carbocycles. The average Bonchev–Trinajstić information content (AvgIpc) is 3.20. The molecule has 7 nitrogen and oxygen atoms in total. The molecule has 0 aliphatic carbocycles. The lowest BCUT2D eigenvalue weighted by Crippen LogP contribution is -2.33. The van der Waals surface area contributed by atoms with E-state index in [2.05, 4.69) is 20.2 Å². The summed E-state index contributed by atoms with van der Waals surface area (Å²) in [6.07, 6.45) is 4.71. The fourth-order valence-corrected chi connectivity index (χ4v) is 5.35. The molecule has 194 valence electrons. The number of amides is 2. The molecule has 2 aromatic heterocycles. The molecule has 0 saturated carbocycles. The molecule has 0 unspecified atom stereocenters. The first-order valence-corrected chi connectivity index (χ1v) is 13.0. The lowest BCUT2D eigenvalue weighted by molar-refractivity contribution is -0.116. The third-order valence-corrected chi connectivity index (χ3v) is 7.05. The zero-order valence-electron chi connectivity index (χ0n) is 21.4. The van der Waals surface area contributed by atoms with Crippen molar-refractivity contribution in [1.82, 2.24) is 14.9 Å². The number of nitrogens with zero attached hydrogens (tertiary/aromatic N) is 2. The first-order chi connectivity index (χ1) is 17.9. The van der Waals surface area contributed by atoms with Crippen LogP contribution < -0.4 is 10.6 Å². The standard InChI is InChI=1S/C29H33FN4O3/c1-18(2)15-25(35)33-24-16-21(7-11-31-24)28-26(20-3-5-22(30)6-4-20)27-23(8-12-32-29(27)36)34(28)17-19-9-13-37-14-10-19/h3-7,11,16,18-19H,8-10,12-15,17H2,1-2H3,(H,32,36)(H,31,33,35). The minimum absolute atomic E-state index is 0.0883. The van der Waals surface area contributed by atoms with Crippen LogP contribution in [-0.2, 0) is 22.5 Å². The lowest BCUT2D eigenvalue weighted by Gasteiger charge is -2.26. The van der Waals surface area contributed by atoms with Crippen LogP contribution in [0.1, 0.15) is 49.2 Å². The highest BCUT2D eigenvalue weighted by molar-refractivity contribution is 6.07. The van der Waals surface area contributed by atoms with Gasteiger partial charge in [0.2, 0.25) is 5.91 Å². The number of fused-ring (bicyclic) bond motifs is 1. The molecule has 0 atom stereocenters. The molecule has 2 N–H and O–H groups in total. The number of rotatable bonds is 7. The third-order valence-electron chi connectivity index (χ3n) is 7.05. The number of hydrogen-bond acceptors (Lipinski definition) is 4. The highest BCUT2D eigenvalue weighted by Crippen LogP contribution is 2.42. The Balaban J connectivity index is 1.68. The maximum atomic E-state index is 13.9. The summed E-state index contributed by atoms with van der Waals surface area (Å²) in [5.41, 5.74) is 4.93. The molecule has 37 heavy (non-hydrogen) atoms. The number of nitrogens with one attached hydrogen (secondary N) is 2. The van der Waals surface area contributed by atoms with Gasteiger partial charge in [-0.3, -0.25) is 9.59 Å². The van der Waals surface area contributed by atoms with Crippen LogP contribution >= 0.6 is 0 Å². The van der Waals surface area contributed by atoms with Gasteiger partial charge in [0.05, 0.1) is 11.3 Å². The first-order valence-electron chi connectivity index (χ1n) is 13.0. The summed E-state index contributed by atoms with van der Waals surface area (Å²) < 4.78 is 21.7. The van der Waals surface area contributed by atoms with Crippen LogP contribution in [0.3, 0.4) is 0 Å². The van der Waals surface area contributed by atoms with E-state index >= 15 is 0 Å². The van der Waals surface area contributed by atoms with Crippen LogP contribution in [0, 0.1) is 17.7 Å². The van der Waals surface area contributed by atoms with Gasteiger partial charge in [-0.2, -0.15) is 0 Å². The van der Waals surface area contributed by atoms with E-state index in [4.69, 9.17) is 4.74 Å².